The van der Waals surface area contributed by atoms with Crippen molar-refractivity contribution in [2.75, 3.05) is 13.2 Å². The van der Waals surface area contributed by atoms with Crippen LogP contribution in [0.1, 0.15) is 65.1 Å². The molecule has 0 radical (unpaired) electrons. The van der Waals surface area contributed by atoms with Crippen LogP contribution in [0.2, 0.25) is 0 Å². The van der Waals surface area contributed by atoms with Gasteiger partial charge in [-0.25, -0.2) is 4.79 Å². The topological polar surface area (TPSA) is 151 Å². The third-order valence-corrected chi connectivity index (χ3v) is 4.54. The number of amides is 4. The monoisotopic (exact) mass is 490 g/mol. The van der Waals surface area contributed by atoms with E-state index in [0.717, 1.165) is 4.90 Å². The normalized spacial score (nSPS) is 13.2. The van der Waals surface area contributed by atoms with Crippen molar-refractivity contribution in [3.63, 3.8) is 0 Å². The number of aliphatic hydroxyl groups excluding tert-OH is 1. The third kappa shape index (κ3) is 10.2. The number of ether oxygens (including phenoxy) is 1. The number of primary amides is 1. The van der Waals surface area contributed by atoms with Crippen molar-refractivity contribution in [3.05, 3.63) is 42.0 Å². The van der Waals surface area contributed by atoms with Crippen molar-refractivity contribution in [1.29, 1.82) is 0 Å². The van der Waals surface area contributed by atoms with E-state index in [-0.39, 0.29) is 6.54 Å². The van der Waals surface area contributed by atoms with Crippen LogP contribution in [0.4, 0.5) is 4.79 Å². The van der Waals surface area contributed by atoms with E-state index in [0.29, 0.717) is 11.1 Å². The van der Waals surface area contributed by atoms with Gasteiger partial charge in [-0.2, -0.15) is 0 Å². The fraction of sp³-hybridized carbons (Fsp3) is 0.520. The minimum Gasteiger partial charge on any atom is -0.444 e. The highest BCUT2D eigenvalue weighted by atomic mass is 16.6. The molecule has 10 heteroatoms. The number of nitrogens with zero attached hydrogens (tertiary/aromatic N) is 1. The predicted octanol–water partition coefficient (Wildman–Crippen LogP) is 1.88. The maximum atomic E-state index is 13.6. The molecule has 0 bridgehead atoms. The van der Waals surface area contributed by atoms with Crippen molar-refractivity contribution in [1.82, 2.24) is 15.5 Å². The number of nitrogens with two attached hydrogens (primary N) is 1. The highest BCUT2D eigenvalue weighted by Crippen LogP contribution is 2.25. The number of aliphatic hydroxyl groups is 1. The Kier molecular flexibility index (Phi) is 10.5. The van der Waals surface area contributed by atoms with E-state index in [9.17, 15) is 24.3 Å². The van der Waals surface area contributed by atoms with Crippen LogP contribution in [0.25, 0.3) is 6.08 Å². The maximum absolute atomic E-state index is 13.6. The summed E-state index contributed by atoms with van der Waals surface area (Å²) < 4.78 is 5.22. The molecule has 194 valence electrons. The van der Waals surface area contributed by atoms with E-state index < -0.39 is 60.1 Å². The third-order valence-electron chi connectivity index (χ3n) is 4.54. The second-order valence-electron chi connectivity index (χ2n) is 10.1. The van der Waals surface area contributed by atoms with Crippen molar-refractivity contribution in [3.8, 4) is 0 Å². The zero-order chi connectivity index (χ0) is 27.0. The van der Waals surface area contributed by atoms with Crippen molar-refractivity contribution < 1.29 is 29.0 Å². The number of carbonyl (C=O) groups is 4. The van der Waals surface area contributed by atoms with Crippen molar-refractivity contribution in [2.45, 2.75) is 71.2 Å². The molecule has 0 fully saturated rings. The summed E-state index contributed by atoms with van der Waals surface area (Å²) in [6, 6.07) is 4.27. The molecule has 2 atom stereocenters. The van der Waals surface area contributed by atoms with Gasteiger partial charge >= 0.3 is 6.09 Å². The van der Waals surface area contributed by atoms with Gasteiger partial charge in [0.1, 0.15) is 17.7 Å². The fourth-order valence-corrected chi connectivity index (χ4v) is 3.29. The lowest BCUT2D eigenvalue weighted by atomic mass is 9.98. The summed E-state index contributed by atoms with van der Waals surface area (Å²) in [6.45, 7) is 13.3. The zero-order valence-corrected chi connectivity index (χ0v) is 21.4. The molecule has 35 heavy (non-hydrogen) atoms. The smallest absolute Gasteiger partial charge is 0.408 e. The van der Waals surface area contributed by atoms with Gasteiger partial charge in [-0.3, -0.25) is 14.4 Å². The Labute approximate surface area is 206 Å². The van der Waals surface area contributed by atoms with E-state index in [1.54, 1.807) is 71.9 Å². The summed E-state index contributed by atoms with van der Waals surface area (Å²) in [5.41, 5.74) is 5.03. The molecule has 0 saturated heterocycles. The van der Waals surface area contributed by atoms with Crippen LogP contribution in [-0.4, -0.2) is 64.2 Å². The molecule has 1 rings (SSSR count). The minimum absolute atomic E-state index is 0.245. The molecule has 10 nitrogen and oxygen atoms in total. The number of rotatable bonds is 10. The van der Waals surface area contributed by atoms with Crippen LogP contribution < -0.4 is 16.4 Å². The Bertz CT molecular complexity index is 933. The molecule has 1 aromatic rings. The first-order chi connectivity index (χ1) is 16.1. The van der Waals surface area contributed by atoms with Gasteiger partial charge in [0.25, 0.3) is 0 Å². The summed E-state index contributed by atoms with van der Waals surface area (Å²) in [5, 5.41) is 15.0. The standard InChI is InChI=1S/C25H38N4O6/c1-8-16-10-9-11-17(14-16)20(21(32)28-24(2,3)4)29(12-13-30)22(33)18(15-19(26)31)27-23(34)35-25(5,6)7/h8-11,14,18,20,30H,1,12-13,15H2,2-7H3,(H2,26,31)(H,27,34)(H,28,32). The van der Waals surface area contributed by atoms with Crippen LogP contribution >= 0.6 is 0 Å². The second-order valence-corrected chi connectivity index (χ2v) is 10.1. The van der Waals surface area contributed by atoms with Crippen LogP contribution in [0.3, 0.4) is 0 Å². The van der Waals surface area contributed by atoms with Crippen LogP contribution in [0, 0.1) is 0 Å². The average molecular weight is 491 g/mol. The first kappa shape index (κ1) is 29.6. The van der Waals surface area contributed by atoms with Gasteiger partial charge in [-0.15, -0.1) is 0 Å². The molecule has 0 aliphatic heterocycles. The Hall–Kier alpha value is -3.40. The van der Waals surface area contributed by atoms with Gasteiger partial charge in [-0.05, 0) is 58.7 Å². The largest absolute Gasteiger partial charge is 0.444 e. The summed E-state index contributed by atoms with van der Waals surface area (Å²) in [6.07, 6.45) is 0.145. The van der Waals surface area contributed by atoms with E-state index in [2.05, 4.69) is 17.2 Å². The van der Waals surface area contributed by atoms with Crippen LogP contribution in [0.5, 0.6) is 0 Å². The Morgan fingerprint density at radius 1 is 1.17 bits per heavy atom. The number of benzene rings is 1. The predicted molar refractivity (Wildman–Crippen MR) is 133 cm³/mol. The number of hydrogen-bond acceptors (Lipinski definition) is 6. The molecule has 0 saturated carbocycles. The number of nitrogens with one attached hydrogen (secondary N) is 2. The second kappa shape index (κ2) is 12.3. The molecule has 0 heterocycles. The van der Waals surface area contributed by atoms with E-state index in [4.69, 9.17) is 10.5 Å². The Balaban J connectivity index is 3.52. The minimum atomic E-state index is -1.42. The number of carbonyl (C=O) groups excluding carboxylic acids is 4. The average Bonchev–Trinajstić information content (AvgIpc) is 2.69. The van der Waals surface area contributed by atoms with Gasteiger partial charge in [0, 0.05) is 12.1 Å². The van der Waals surface area contributed by atoms with Crippen LogP contribution in [0.15, 0.2) is 30.8 Å². The SMILES string of the molecule is C=Cc1cccc(C(C(=O)NC(C)(C)C)N(CCO)C(=O)C(CC(N)=O)NC(=O)OC(C)(C)C)c1. The molecule has 5 N–H and O–H groups in total. The van der Waals surface area contributed by atoms with E-state index >= 15 is 0 Å². The summed E-state index contributed by atoms with van der Waals surface area (Å²) in [5.74, 6) is -2.12. The fourth-order valence-electron chi connectivity index (χ4n) is 3.29. The molecule has 0 spiro atoms. The molecular formula is C25H38N4O6. The van der Waals surface area contributed by atoms with E-state index in [1.807, 2.05) is 0 Å². The lowest BCUT2D eigenvalue weighted by molar-refractivity contribution is -0.144. The van der Waals surface area contributed by atoms with Gasteiger partial charge in [0.05, 0.1) is 13.0 Å². The van der Waals surface area contributed by atoms with Gasteiger partial charge in [0.2, 0.25) is 17.7 Å². The molecular weight excluding hydrogens is 452 g/mol. The Morgan fingerprint density at radius 3 is 2.29 bits per heavy atom. The first-order valence-electron chi connectivity index (χ1n) is 11.3. The molecule has 0 aliphatic rings. The number of hydrogen-bond donors (Lipinski definition) is 4. The Morgan fingerprint density at radius 2 is 1.80 bits per heavy atom. The highest BCUT2D eigenvalue weighted by molar-refractivity contribution is 5.94. The zero-order valence-electron chi connectivity index (χ0n) is 21.4. The lowest BCUT2D eigenvalue weighted by Crippen LogP contribution is -2.56. The summed E-state index contributed by atoms with van der Waals surface area (Å²) >= 11 is 0. The van der Waals surface area contributed by atoms with E-state index in [1.165, 1.54) is 0 Å². The van der Waals surface area contributed by atoms with Crippen molar-refractivity contribution >= 4 is 29.9 Å². The van der Waals surface area contributed by atoms with Gasteiger partial charge in [-0.1, -0.05) is 30.9 Å². The molecule has 2 unspecified atom stereocenters. The first-order valence-corrected chi connectivity index (χ1v) is 11.3. The molecule has 4 amide bonds. The summed E-state index contributed by atoms with van der Waals surface area (Å²) in [7, 11) is 0. The quantitative estimate of drug-likeness (QED) is 0.393. The maximum Gasteiger partial charge on any atom is 0.408 e. The molecule has 0 aromatic heterocycles. The number of alkyl carbamates (subject to hydrolysis) is 1. The van der Waals surface area contributed by atoms with Crippen LogP contribution in [-0.2, 0) is 19.1 Å². The highest BCUT2D eigenvalue weighted by Gasteiger charge is 2.37. The van der Waals surface area contributed by atoms with Gasteiger partial charge in [0.15, 0.2) is 0 Å². The summed E-state index contributed by atoms with van der Waals surface area (Å²) in [4.78, 5) is 52.3. The molecule has 0 aliphatic carbocycles. The lowest BCUT2D eigenvalue weighted by Gasteiger charge is -2.35. The van der Waals surface area contributed by atoms with Gasteiger partial charge < -0.3 is 31.1 Å². The molecule has 1 aromatic carbocycles. The van der Waals surface area contributed by atoms with Crippen molar-refractivity contribution in [2.24, 2.45) is 5.73 Å².